The van der Waals surface area contributed by atoms with E-state index in [2.05, 4.69) is 17.9 Å². The maximum atomic E-state index is 10.7. The van der Waals surface area contributed by atoms with Crippen LogP contribution in [0.3, 0.4) is 0 Å². The smallest absolute Gasteiger partial charge is 0.335 e. The minimum absolute atomic E-state index is 0.105. The molecule has 0 aromatic carbocycles. The van der Waals surface area contributed by atoms with Crippen molar-refractivity contribution >= 4 is 11.9 Å². The molecule has 5 nitrogen and oxygen atoms in total. The summed E-state index contributed by atoms with van der Waals surface area (Å²) in [6.45, 7) is 8.22. The highest BCUT2D eigenvalue weighted by molar-refractivity contribution is 5.87. The quantitative estimate of drug-likeness (QED) is 0.523. The second kappa shape index (κ2) is 10.5. The molecule has 0 saturated carbocycles. The number of esters is 1. The van der Waals surface area contributed by atoms with Gasteiger partial charge in [-0.25, -0.2) is 9.59 Å². The molecule has 0 aromatic heterocycles. The number of aliphatic carboxylic acids is 1. The molecule has 0 saturated heterocycles. The predicted molar refractivity (Wildman–Crippen MR) is 55.3 cm³/mol. The molecule has 86 valence electrons. The van der Waals surface area contributed by atoms with Gasteiger partial charge in [0.1, 0.15) is 0 Å². The van der Waals surface area contributed by atoms with Crippen LogP contribution in [0.15, 0.2) is 24.8 Å². The number of carbonyl (C=O) groups is 2. The summed E-state index contributed by atoms with van der Waals surface area (Å²) in [6, 6.07) is 0. The largest absolute Gasteiger partial charge is 0.478 e. The molecular weight excluding hydrogens is 200 g/mol. The van der Waals surface area contributed by atoms with E-state index in [0.717, 1.165) is 12.5 Å². The maximum absolute atomic E-state index is 10.7. The number of carbonyl (C=O) groups excluding carboxylic acids is 1. The van der Waals surface area contributed by atoms with Gasteiger partial charge in [0, 0.05) is 6.08 Å². The summed E-state index contributed by atoms with van der Waals surface area (Å²) in [5.74, 6) is -1.49. The number of rotatable bonds is 5. The lowest BCUT2D eigenvalue weighted by Crippen LogP contribution is -2.10. The Bertz CT molecular complexity index is 232. The predicted octanol–water partition coefficient (Wildman–Crippen LogP) is 0.745. The molecule has 0 radical (unpaired) electrons. The maximum Gasteiger partial charge on any atom is 0.335 e. The lowest BCUT2D eigenvalue weighted by molar-refractivity contribution is -0.139. The van der Waals surface area contributed by atoms with Gasteiger partial charge in [0.2, 0.25) is 0 Å². The first-order valence-electron chi connectivity index (χ1n) is 4.30. The molecule has 0 unspecified atom stereocenters. The van der Waals surface area contributed by atoms with Gasteiger partial charge in [-0.3, -0.25) is 0 Å². The number of carboxylic acid groups (broad SMARTS) is 1. The van der Waals surface area contributed by atoms with E-state index in [9.17, 15) is 9.59 Å². The zero-order valence-electron chi connectivity index (χ0n) is 8.73. The molecule has 15 heavy (non-hydrogen) atoms. The van der Waals surface area contributed by atoms with E-state index in [-0.39, 0.29) is 12.2 Å². The van der Waals surface area contributed by atoms with Crippen molar-refractivity contribution in [1.82, 2.24) is 0 Å². The minimum Gasteiger partial charge on any atom is -0.478 e. The van der Waals surface area contributed by atoms with Crippen LogP contribution in [-0.2, 0) is 14.3 Å². The van der Waals surface area contributed by atoms with Crippen molar-refractivity contribution in [3.63, 3.8) is 0 Å². The monoisotopic (exact) mass is 216 g/mol. The molecule has 0 bridgehead atoms. The van der Waals surface area contributed by atoms with Crippen molar-refractivity contribution in [2.45, 2.75) is 13.3 Å². The summed E-state index contributed by atoms with van der Waals surface area (Å²) in [6.07, 6.45) is 1.62. The average molecular weight is 216 g/mol. The highest BCUT2D eigenvalue weighted by Gasteiger charge is 2.04. The van der Waals surface area contributed by atoms with Gasteiger partial charge in [-0.1, -0.05) is 20.1 Å². The normalized spacial score (nSPS) is 8.13. The number of aliphatic hydroxyl groups is 1. The van der Waals surface area contributed by atoms with E-state index in [0.29, 0.717) is 6.61 Å². The fourth-order valence-corrected chi connectivity index (χ4v) is 0.361. The molecule has 2 N–H and O–H groups in total. The van der Waals surface area contributed by atoms with Gasteiger partial charge < -0.3 is 14.9 Å². The molecule has 0 atom stereocenters. The summed E-state index contributed by atoms with van der Waals surface area (Å²) in [5.41, 5.74) is 0.105. The molecule has 0 aliphatic heterocycles. The standard InChI is InChI=1S/C7H12O3.C3H4O2/c1-3-4-10-7(9)6(2)5-8;1-2-3(4)5/h8H,2-5H2,1H3;2H,1H2,(H,4,5). The van der Waals surface area contributed by atoms with E-state index >= 15 is 0 Å². The van der Waals surface area contributed by atoms with Gasteiger partial charge in [-0.05, 0) is 6.42 Å². The fourth-order valence-electron chi connectivity index (χ4n) is 0.361. The first-order chi connectivity index (χ1) is 6.99. The Morgan fingerprint density at radius 1 is 1.47 bits per heavy atom. The van der Waals surface area contributed by atoms with Crippen LogP contribution in [-0.4, -0.2) is 35.4 Å². The topological polar surface area (TPSA) is 83.8 Å². The van der Waals surface area contributed by atoms with Crippen molar-refractivity contribution in [2.75, 3.05) is 13.2 Å². The average Bonchev–Trinajstić information content (AvgIpc) is 2.25. The van der Waals surface area contributed by atoms with Crippen LogP contribution in [0.4, 0.5) is 0 Å². The number of aliphatic hydroxyl groups excluding tert-OH is 1. The summed E-state index contributed by atoms with van der Waals surface area (Å²) < 4.78 is 4.65. The fraction of sp³-hybridized carbons (Fsp3) is 0.400. The molecule has 0 aliphatic rings. The number of hydrogen-bond acceptors (Lipinski definition) is 4. The van der Waals surface area contributed by atoms with Gasteiger partial charge >= 0.3 is 11.9 Å². The summed E-state index contributed by atoms with van der Waals surface area (Å²) in [7, 11) is 0. The van der Waals surface area contributed by atoms with Gasteiger partial charge in [0.15, 0.2) is 0 Å². The Morgan fingerprint density at radius 2 is 1.93 bits per heavy atom. The van der Waals surface area contributed by atoms with Gasteiger partial charge in [-0.2, -0.15) is 0 Å². The van der Waals surface area contributed by atoms with Crippen molar-refractivity contribution in [1.29, 1.82) is 0 Å². The van der Waals surface area contributed by atoms with E-state index < -0.39 is 11.9 Å². The lowest BCUT2D eigenvalue weighted by atomic mass is 10.3. The van der Waals surface area contributed by atoms with Crippen molar-refractivity contribution in [3.8, 4) is 0 Å². The summed E-state index contributed by atoms with van der Waals surface area (Å²) >= 11 is 0. The van der Waals surface area contributed by atoms with Gasteiger partial charge in [-0.15, -0.1) is 0 Å². The van der Waals surface area contributed by atoms with Crippen molar-refractivity contribution in [3.05, 3.63) is 24.8 Å². The van der Waals surface area contributed by atoms with Crippen LogP contribution >= 0.6 is 0 Å². The van der Waals surface area contributed by atoms with Crippen LogP contribution < -0.4 is 0 Å². The number of hydrogen-bond donors (Lipinski definition) is 2. The molecule has 0 aromatic rings. The van der Waals surface area contributed by atoms with Gasteiger partial charge in [0.05, 0.1) is 18.8 Å². The van der Waals surface area contributed by atoms with E-state index in [1.807, 2.05) is 6.92 Å². The Kier molecular flexibility index (Phi) is 11.0. The first kappa shape index (κ1) is 15.8. The summed E-state index contributed by atoms with van der Waals surface area (Å²) in [4.78, 5) is 19.9. The van der Waals surface area contributed by atoms with E-state index in [4.69, 9.17) is 10.2 Å². The molecule has 0 aliphatic carbocycles. The molecule has 0 fully saturated rings. The molecule has 5 heteroatoms. The second-order valence-electron chi connectivity index (χ2n) is 2.44. The van der Waals surface area contributed by atoms with Crippen LogP contribution in [0.5, 0.6) is 0 Å². The molecule has 0 rings (SSSR count). The summed E-state index contributed by atoms with van der Waals surface area (Å²) in [5, 5.41) is 16.0. The van der Waals surface area contributed by atoms with Gasteiger partial charge in [0.25, 0.3) is 0 Å². The molecule has 0 heterocycles. The number of ether oxygens (including phenoxy) is 1. The highest BCUT2D eigenvalue weighted by Crippen LogP contribution is 1.92. The zero-order valence-corrected chi connectivity index (χ0v) is 8.73. The third-order valence-corrected chi connectivity index (χ3v) is 1.09. The van der Waals surface area contributed by atoms with Crippen LogP contribution in [0.25, 0.3) is 0 Å². The SMILES string of the molecule is C=C(CO)C(=O)OCCC.C=CC(=O)O. The second-order valence-corrected chi connectivity index (χ2v) is 2.44. The minimum atomic E-state index is -0.981. The van der Waals surface area contributed by atoms with Crippen LogP contribution in [0.2, 0.25) is 0 Å². The zero-order chi connectivity index (χ0) is 12.3. The Balaban J connectivity index is 0. The van der Waals surface area contributed by atoms with Crippen molar-refractivity contribution < 1.29 is 24.5 Å². The molecule has 0 amide bonds. The lowest BCUT2D eigenvalue weighted by Gasteiger charge is -2.01. The first-order valence-corrected chi connectivity index (χ1v) is 4.30. The third kappa shape index (κ3) is 12.4. The Hall–Kier alpha value is -1.62. The van der Waals surface area contributed by atoms with Crippen LogP contribution in [0.1, 0.15) is 13.3 Å². The Labute approximate surface area is 88.7 Å². The molecule has 0 spiro atoms. The van der Waals surface area contributed by atoms with Crippen molar-refractivity contribution in [2.24, 2.45) is 0 Å². The highest BCUT2D eigenvalue weighted by atomic mass is 16.5. The molecular formula is C10H16O5. The Morgan fingerprint density at radius 3 is 2.20 bits per heavy atom. The van der Waals surface area contributed by atoms with E-state index in [1.165, 1.54) is 0 Å². The van der Waals surface area contributed by atoms with Crippen LogP contribution in [0, 0.1) is 0 Å². The third-order valence-electron chi connectivity index (χ3n) is 1.09. The van der Waals surface area contributed by atoms with E-state index in [1.54, 1.807) is 0 Å². The number of carboxylic acids is 1.